The first-order chi connectivity index (χ1) is 8.83. The Balaban J connectivity index is 1.78. The standard InChI is InChI=1S/C13H13N5/c1-10-8-14-5-2-11(10)9-15-12-4-7-18-13(17-12)3-6-16-18/h2-8H,9H2,1H3,(H,15,17). The summed E-state index contributed by atoms with van der Waals surface area (Å²) in [4.78, 5) is 8.53. The van der Waals surface area contributed by atoms with Crippen LogP contribution in [-0.2, 0) is 6.54 Å². The Labute approximate surface area is 105 Å². The van der Waals surface area contributed by atoms with Gasteiger partial charge in [-0.25, -0.2) is 9.50 Å². The van der Waals surface area contributed by atoms with E-state index in [4.69, 9.17) is 0 Å². The molecular formula is C13H13N5. The Morgan fingerprint density at radius 2 is 2.17 bits per heavy atom. The van der Waals surface area contributed by atoms with Crippen molar-refractivity contribution < 1.29 is 0 Å². The zero-order valence-electron chi connectivity index (χ0n) is 10.0. The van der Waals surface area contributed by atoms with Gasteiger partial charge in [0.05, 0.1) is 6.20 Å². The fourth-order valence-corrected chi connectivity index (χ4v) is 1.80. The molecule has 5 heteroatoms. The molecule has 0 aliphatic carbocycles. The number of nitrogens with one attached hydrogen (secondary N) is 1. The molecule has 18 heavy (non-hydrogen) atoms. The van der Waals surface area contributed by atoms with Gasteiger partial charge in [0.1, 0.15) is 5.82 Å². The molecule has 0 saturated heterocycles. The molecule has 0 spiro atoms. The fourth-order valence-electron chi connectivity index (χ4n) is 1.80. The predicted octanol–water partition coefficient (Wildman–Crippen LogP) is 2.04. The van der Waals surface area contributed by atoms with Crippen molar-refractivity contribution in [2.24, 2.45) is 0 Å². The van der Waals surface area contributed by atoms with Crippen molar-refractivity contribution in [3.05, 3.63) is 54.1 Å². The maximum Gasteiger partial charge on any atom is 0.157 e. The number of hydrogen-bond donors (Lipinski definition) is 1. The van der Waals surface area contributed by atoms with Crippen molar-refractivity contribution in [3.63, 3.8) is 0 Å². The van der Waals surface area contributed by atoms with Crippen LogP contribution in [0.2, 0.25) is 0 Å². The highest BCUT2D eigenvalue weighted by Crippen LogP contribution is 2.10. The highest BCUT2D eigenvalue weighted by molar-refractivity contribution is 5.45. The molecule has 3 heterocycles. The average Bonchev–Trinajstić information content (AvgIpc) is 2.85. The first-order valence-electron chi connectivity index (χ1n) is 5.77. The molecule has 5 nitrogen and oxygen atoms in total. The lowest BCUT2D eigenvalue weighted by Gasteiger charge is -2.07. The van der Waals surface area contributed by atoms with E-state index in [9.17, 15) is 0 Å². The normalized spacial score (nSPS) is 10.7. The molecule has 0 atom stereocenters. The van der Waals surface area contributed by atoms with Crippen LogP contribution >= 0.6 is 0 Å². The molecular weight excluding hydrogens is 226 g/mol. The summed E-state index contributed by atoms with van der Waals surface area (Å²) < 4.78 is 1.74. The van der Waals surface area contributed by atoms with Gasteiger partial charge in [-0.15, -0.1) is 0 Å². The van der Waals surface area contributed by atoms with E-state index in [1.807, 2.05) is 30.6 Å². The summed E-state index contributed by atoms with van der Waals surface area (Å²) in [6.45, 7) is 2.79. The highest BCUT2D eigenvalue weighted by Gasteiger charge is 2.00. The highest BCUT2D eigenvalue weighted by atomic mass is 15.2. The topological polar surface area (TPSA) is 55.1 Å². The molecule has 3 aromatic rings. The van der Waals surface area contributed by atoms with E-state index < -0.39 is 0 Å². The van der Waals surface area contributed by atoms with Crippen LogP contribution in [0.5, 0.6) is 0 Å². The van der Waals surface area contributed by atoms with Crippen LogP contribution in [-0.4, -0.2) is 19.6 Å². The van der Waals surface area contributed by atoms with E-state index in [1.54, 1.807) is 16.9 Å². The summed E-state index contributed by atoms with van der Waals surface area (Å²) in [5, 5.41) is 7.41. The number of rotatable bonds is 3. The van der Waals surface area contributed by atoms with E-state index in [1.165, 1.54) is 11.1 Å². The van der Waals surface area contributed by atoms with Crippen LogP contribution in [0, 0.1) is 6.92 Å². The van der Waals surface area contributed by atoms with Gasteiger partial charge in [-0.05, 0) is 30.2 Å². The second-order valence-electron chi connectivity index (χ2n) is 4.10. The molecule has 0 bridgehead atoms. The second kappa shape index (κ2) is 4.44. The van der Waals surface area contributed by atoms with Gasteiger partial charge in [0.2, 0.25) is 0 Å². The van der Waals surface area contributed by atoms with Crippen molar-refractivity contribution in [3.8, 4) is 0 Å². The molecule has 0 aliphatic heterocycles. The minimum atomic E-state index is 0.742. The summed E-state index contributed by atoms with van der Waals surface area (Å²) in [5.41, 5.74) is 3.24. The third-order valence-electron chi connectivity index (χ3n) is 2.85. The molecule has 3 rings (SSSR count). The maximum absolute atomic E-state index is 4.45. The van der Waals surface area contributed by atoms with E-state index >= 15 is 0 Å². The minimum absolute atomic E-state index is 0.742. The minimum Gasteiger partial charge on any atom is -0.366 e. The predicted molar refractivity (Wildman–Crippen MR) is 69.3 cm³/mol. The lowest BCUT2D eigenvalue weighted by molar-refractivity contribution is 0.935. The van der Waals surface area contributed by atoms with E-state index in [0.29, 0.717) is 0 Å². The SMILES string of the molecule is Cc1cnccc1CNc1ccn2nccc2n1. The third-order valence-corrected chi connectivity index (χ3v) is 2.85. The van der Waals surface area contributed by atoms with Crippen LogP contribution in [0.25, 0.3) is 5.65 Å². The Morgan fingerprint density at radius 1 is 1.22 bits per heavy atom. The molecule has 0 radical (unpaired) electrons. The fraction of sp³-hybridized carbons (Fsp3) is 0.154. The Morgan fingerprint density at radius 3 is 3.06 bits per heavy atom. The zero-order chi connectivity index (χ0) is 12.4. The lowest BCUT2D eigenvalue weighted by Crippen LogP contribution is -2.04. The first kappa shape index (κ1) is 10.7. The molecule has 0 fully saturated rings. The number of pyridine rings is 1. The maximum atomic E-state index is 4.45. The Hall–Kier alpha value is -2.43. The van der Waals surface area contributed by atoms with Gasteiger partial charge in [-0.1, -0.05) is 0 Å². The van der Waals surface area contributed by atoms with Crippen molar-refractivity contribution in [1.29, 1.82) is 0 Å². The molecule has 1 N–H and O–H groups in total. The third kappa shape index (κ3) is 2.02. The van der Waals surface area contributed by atoms with Gasteiger partial charge in [0.15, 0.2) is 5.65 Å². The van der Waals surface area contributed by atoms with Crippen LogP contribution in [0.4, 0.5) is 5.82 Å². The summed E-state index contributed by atoms with van der Waals surface area (Å²) in [7, 11) is 0. The first-order valence-corrected chi connectivity index (χ1v) is 5.77. The molecule has 0 unspecified atom stereocenters. The summed E-state index contributed by atoms with van der Waals surface area (Å²) in [6, 6.07) is 5.80. The van der Waals surface area contributed by atoms with Gasteiger partial charge in [-0.3, -0.25) is 4.98 Å². The van der Waals surface area contributed by atoms with Crippen molar-refractivity contribution >= 4 is 11.5 Å². The van der Waals surface area contributed by atoms with E-state index in [2.05, 4.69) is 27.3 Å². The monoisotopic (exact) mass is 239 g/mol. The molecule has 0 saturated carbocycles. The zero-order valence-corrected chi connectivity index (χ0v) is 10.0. The average molecular weight is 239 g/mol. The summed E-state index contributed by atoms with van der Waals surface area (Å²) in [6.07, 6.45) is 7.30. The number of aryl methyl sites for hydroxylation is 1. The second-order valence-corrected chi connectivity index (χ2v) is 4.10. The number of fused-ring (bicyclic) bond motifs is 1. The van der Waals surface area contributed by atoms with Crippen LogP contribution in [0.15, 0.2) is 43.0 Å². The van der Waals surface area contributed by atoms with Crippen molar-refractivity contribution in [2.75, 3.05) is 5.32 Å². The number of aromatic nitrogens is 4. The molecule has 3 aromatic heterocycles. The van der Waals surface area contributed by atoms with Gasteiger partial charge in [-0.2, -0.15) is 5.10 Å². The molecule has 0 aliphatic rings. The van der Waals surface area contributed by atoms with Gasteiger partial charge >= 0.3 is 0 Å². The van der Waals surface area contributed by atoms with Crippen LogP contribution in [0.3, 0.4) is 0 Å². The van der Waals surface area contributed by atoms with Crippen molar-refractivity contribution in [2.45, 2.75) is 13.5 Å². The van der Waals surface area contributed by atoms with Gasteiger partial charge in [0, 0.05) is 31.2 Å². The van der Waals surface area contributed by atoms with E-state index in [0.717, 1.165) is 18.0 Å². The summed E-state index contributed by atoms with van der Waals surface area (Å²) in [5.74, 6) is 0.846. The lowest BCUT2D eigenvalue weighted by atomic mass is 10.1. The largest absolute Gasteiger partial charge is 0.366 e. The number of nitrogens with zero attached hydrogens (tertiary/aromatic N) is 4. The smallest absolute Gasteiger partial charge is 0.157 e. The summed E-state index contributed by atoms with van der Waals surface area (Å²) >= 11 is 0. The van der Waals surface area contributed by atoms with Crippen molar-refractivity contribution in [1.82, 2.24) is 19.6 Å². The molecule has 90 valence electrons. The molecule has 0 amide bonds. The quantitative estimate of drug-likeness (QED) is 0.760. The van der Waals surface area contributed by atoms with Gasteiger partial charge < -0.3 is 5.32 Å². The molecule has 0 aromatic carbocycles. The Kier molecular flexibility index (Phi) is 2.64. The van der Waals surface area contributed by atoms with Gasteiger partial charge in [0.25, 0.3) is 0 Å². The van der Waals surface area contributed by atoms with Crippen LogP contribution < -0.4 is 5.32 Å². The number of anilines is 1. The van der Waals surface area contributed by atoms with Crippen LogP contribution in [0.1, 0.15) is 11.1 Å². The van der Waals surface area contributed by atoms with E-state index in [-0.39, 0.29) is 0 Å². The number of hydrogen-bond acceptors (Lipinski definition) is 4. The Bertz CT molecular complexity index is 674.